The maximum atomic E-state index is 12.1. The summed E-state index contributed by atoms with van der Waals surface area (Å²) in [6, 6.07) is 1.07. The molecule has 0 rings (SSSR count). The second kappa shape index (κ2) is 24.5. The molecule has 0 heterocycles. The molecule has 258 valence electrons. The maximum absolute atomic E-state index is 12.1. The molecule has 0 aromatic rings. The summed E-state index contributed by atoms with van der Waals surface area (Å²) in [5.41, 5.74) is -3.83. The van der Waals surface area contributed by atoms with Crippen molar-refractivity contribution >= 4 is 18.4 Å². The van der Waals surface area contributed by atoms with Crippen LogP contribution in [-0.4, -0.2) is 57.5 Å². The topological polar surface area (TPSA) is 66.8 Å². The molecule has 0 bridgehead atoms. The standard InChI is InChI=1S/C11H18.C10H15O.C7H15F3O3SSi.C6H15N/c1-6-11(4,5)9-7-8-10(2)3;1-5-10(4,11)8-6-7-9(2)3;1-4-15(5-2,6-3)13-14(11,12)7(8,9)10;1-4-7(5-2)6-3/h1,8H,7,9H2,2-5H3;1,7,11H,2,6,8H2,3-4H3;4-6H2,1-3H3;4-6H2,1-3H3/q;+1;;/t;10-;;/m.1../s1. The zero-order valence-corrected chi connectivity index (χ0v) is 31.6. The Morgan fingerprint density at radius 1 is 0.932 bits per heavy atom. The van der Waals surface area contributed by atoms with E-state index >= 15 is 0 Å². The fourth-order valence-corrected chi connectivity index (χ4v) is 8.50. The number of halogens is 3. The summed E-state index contributed by atoms with van der Waals surface area (Å²) in [6.45, 7) is 30.8. The van der Waals surface area contributed by atoms with Crippen molar-refractivity contribution in [3.63, 3.8) is 0 Å². The van der Waals surface area contributed by atoms with Gasteiger partial charge in [0.05, 0.1) is 5.57 Å². The fourth-order valence-electron chi connectivity index (χ4n) is 3.34. The number of aliphatic hydroxyl groups is 1. The van der Waals surface area contributed by atoms with E-state index in [0.717, 1.165) is 24.8 Å². The molecular weight excluding hydrogens is 604 g/mol. The molecule has 1 atom stereocenters. The summed E-state index contributed by atoms with van der Waals surface area (Å²) in [4.78, 5) is 2.38. The average Bonchev–Trinajstić information content (AvgIpc) is 2.92. The summed E-state index contributed by atoms with van der Waals surface area (Å²) in [5, 5.41) is 9.35. The van der Waals surface area contributed by atoms with E-state index in [1.165, 1.54) is 25.2 Å². The van der Waals surface area contributed by atoms with Crippen molar-refractivity contribution in [2.75, 3.05) is 19.6 Å². The molecule has 0 amide bonds. The fraction of sp³-hybridized carbons (Fsp3) is 0.735. The highest BCUT2D eigenvalue weighted by Gasteiger charge is 2.51. The first-order chi connectivity index (χ1) is 19.9. The van der Waals surface area contributed by atoms with E-state index < -0.39 is 29.5 Å². The lowest BCUT2D eigenvalue weighted by Gasteiger charge is -2.27. The third-order valence-corrected chi connectivity index (χ3v) is 13.7. The van der Waals surface area contributed by atoms with Crippen molar-refractivity contribution in [3.8, 4) is 24.7 Å². The molecule has 0 aromatic heterocycles. The van der Waals surface area contributed by atoms with Gasteiger partial charge in [-0.05, 0) is 92.2 Å². The van der Waals surface area contributed by atoms with Crippen LogP contribution in [0.4, 0.5) is 13.2 Å². The van der Waals surface area contributed by atoms with Crippen LogP contribution >= 0.6 is 0 Å². The smallest absolute Gasteiger partial charge is 0.378 e. The lowest BCUT2D eigenvalue weighted by molar-refractivity contribution is -0.0504. The first kappa shape index (κ1) is 49.2. The second-order valence-corrected chi connectivity index (χ2v) is 18.2. The van der Waals surface area contributed by atoms with Gasteiger partial charge in [0.25, 0.3) is 0 Å². The highest BCUT2D eigenvalue weighted by atomic mass is 32.2. The van der Waals surface area contributed by atoms with E-state index in [0.29, 0.717) is 24.6 Å². The minimum absolute atomic E-state index is 0.0615. The number of allylic oxidation sites excluding steroid dienone is 3. The number of terminal acetylenes is 2. The molecule has 0 radical (unpaired) electrons. The molecule has 0 fully saturated rings. The van der Waals surface area contributed by atoms with Crippen LogP contribution in [0.15, 0.2) is 23.8 Å². The van der Waals surface area contributed by atoms with Crippen LogP contribution in [0.25, 0.3) is 0 Å². The van der Waals surface area contributed by atoms with E-state index in [2.05, 4.69) is 81.7 Å². The van der Waals surface area contributed by atoms with Crippen LogP contribution < -0.4 is 0 Å². The van der Waals surface area contributed by atoms with E-state index in [1.54, 1.807) is 27.7 Å². The SMILES string of the molecule is C#CC(C)(C)CCC=C(C)C.C#C[C@@](C)(O)CC[CH+]C(=C)C.CCN(CC)CC.CC[Si](CC)(CC)OS(=O)(=O)C(F)(F)F. The number of hydrogen-bond acceptors (Lipinski definition) is 5. The van der Waals surface area contributed by atoms with E-state index in [1.807, 2.05) is 13.3 Å². The molecule has 0 unspecified atom stereocenters. The first-order valence-corrected chi connectivity index (χ1v) is 19.4. The Balaban J connectivity index is -0.000000250. The van der Waals surface area contributed by atoms with Crippen LogP contribution in [0.3, 0.4) is 0 Å². The van der Waals surface area contributed by atoms with Gasteiger partial charge in [-0.15, -0.1) is 18.8 Å². The summed E-state index contributed by atoms with van der Waals surface area (Å²) in [6.07, 6.45) is 18.2. The zero-order chi connectivity index (χ0) is 35.8. The van der Waals surface area contributed by atoms with E-state index in [9.17, 15) is 26.7 Å². The summed E-state index contributed by atoms with van der Waals surface area (Å²) in [7, 11) is -8.20. The number of alkyl halides is 3. The molecule has 0 spiro atoms. The second-order valence-electron chi connectivity index (χ2n) is 11.7. The molecule has 0 aliphatic rings. The van der Waals surface area contributed by atoms with Crippen molar-refractivity contribution in [1.82, 2.24) is 4.90 Å². The highest BCUT2D eigenvalue weighted by molar-refractivity contribution is 7.88. The molecule has 0 saturated heterocycles. The Labute approximate surface area is 271 Å². The Hall–Kier alpha value is -1.69. The summed E-state index contributed by atoms with van der Waals surface area (Å²) >= 11 is 0. The molecular formula is C34H63F3NO4SSi+. The number of rotatable bonds is 15. The molecule has 44 heavy (non-hydrogen) atoms. The van der Waals surface area contributed by atoms with Gasteiger partial charge < -0.3 is 13.9 Å². The highest BCUT2D eigenvalue weighted by Crippen LogP contribution is 2.32. The largest absolute Gasteiger partial charge is 0.522 e. The van der Waals surface area contributed by atoms with Gasteiger partial charge in [0.2, 0.25) is 8.32 Å². The van der Waals surface area contributed by atoms with Crippen molar-refractivity contribution in [3.05, 3.63) is 30.2 Å². The minimum atomic E-state index is -5.43. The predicted octanol–water partition coefficient (Wildman–Crippen LogP) is 9.53. The first-order valence-electron chi connectivity index (χ1n) is 15.5. The van der Waals surface area contributed by atoms with Crippen LogP contribution in [0.1, 0.15) is 109 Å². The zero-order valence-electron chi connectivity index (χ0n) is 29.7. The van der Waals surface area contributed by atoms with Gasteiger partial charge in [-0.2, -0.15) is 21.6 Å². The quantitative estimate of drug-likeness (QED) is 0.0620. The molecule has 1 N–H and O–H groups in total. The Bertz CT molecular complexity index is 966. The van der Waals surface area contributed by atoms with Crippen molar-refractivity contribution in [1.29, 1.82) is 0 Å². The van der Waals surface area contributed by atoms with Gasteiger partial charge in [0.15, 0.2) is 0 Å². The van der Waals surface area contributed by atoms with Crippen molar-refractivity contribution in [2.45, 2.75) is 138 Å². The Morgan fingerprint density at radius 2 is 1.36 bits per heavy atom. The minimum Gasteiger partial charge on any atom is -0.378 e. The van der Waals surface area contributed by atoms with Gasteiger partial charge in [-0.3, -0.25) is 0 Å². The van der Waals surface area contributed by atoms with Gasteiger partial charge in [-0.1, -0.05) is 59.1 Å². The predicted molar refractivity (Wildman–Crippen MR) is 186 cm³/mol. The van der Waals surface area contributed by atoms with Crippen LogP contribution in [0, 0.1) is 36.5 Å². The number of nitrogens with zero attached hydrogens (tertiary/aromatic N) is 1. The maximum Gasteiger partial charge on any atom is 0.522 e. The van der Waals surface area contributed by atoms with Gasteiger partial charge >= 0.3 is 15.6 Å². The summed E-state index contributed by atoms with van der Waals surface area (Å²) < 4.78 is 62.3. The Kier molecular flexibility index (Phi) is 27.4. The lowest BCUT2D eigenvalue weighted by Crippen LogP contribution is -2.42. The molecule has 0 saturated carbocycles. The van der Waals surface area contributed by atoms with Crippen molar-refractivity contribution < 1.29 is 30.6 Å². The van der Waals surface area contributed by atoms with E-state index in [4.69, 9.17) is 12.8 Å². The average molecular weight is 667 g/mol. The van der Waals surface area contributed by atoms with Gasteiger partial charge in [0, 0.05) is 31.3 Å². The van der Waals surface area contributed by atoms with Gasteiger partial charge in [-0.25, -0.2) is 0 Å². The van der Waals surface area contributed by atoms with Gasteiger partial charge in [0.1, 0.15) is 5.60 Å². The molecule has 0 aliphatic carbocycles. The number of hydrogen-bond donors (Lipinski definition) is 1. The van der Waals surface area contributed by atoms with E-state index in [-0.39, 0.29) is 5.41 Å². The monoisotopic (exact) mass is 666 g/mol. The third-order valence-electron chi connectivity index (χ3n) is 6.99. The lowest BCUT2D eigenvalue weighted by atomic mass is 9.89. The van der Waals surface area contributed by atoms with Crippen molar-refractivity contribution in [2.24, 2.45) is 5.41 Å². The normalized spacial score (nSPS) is 12.8. The molecule has 0 aromatic carbocycles. The summed E-state index contributed by atoms with van der Waals surface area (Å²) in [5.74, 6) is 5.11. The molecule has 0 aliphatic heterocycles. The van der Waals surface area contributed by atoms with Crippen LogP contribution in [0.2, 0.25) is 18.1 Å². The molecule has 5 nitrogen and oxygen atoms in total. The van der Waals surface area contributed by atoms with Crippen LogP contribution in [0.5, 0.6) is 0 Å². The Morgan fingerprint density at radius 3 is 1.61 bits per heavy atom. The molecule has 10 heteroatoms. The van der Waals surface area contributed by atoms with Crippen LogP contribution in [-0.2, 0) is 14.0 Å². The third kappa shape index (κ3) is 26.7.